The van der Waals surface area contributed by atoms with Crippen LogP contribution in [-0.2, 0) is 0 Å². The van der Waals surface area contributed by atoms with Gasteiger partial charge in [0.2, 0.25) is 0 Å². The number of carboxylic acid groups (broad SMARTS) is 1. The fraction of sp³-hybridized carbons (Fsp3) is 0. The Kier molecular flexibility index (Phi) is 3.58. The number of nitro groups is 1. The second-order valence-corrected chi connectivity index (χ2v) is 5.42. The molecule has 18 heavy (non-hydrogen) atoms. The van der Waals surface area contributed by atoms with E-state index in [2.05, 4.69) is 4.98 Å². The maximum absolute atomic E-state index is 11.0. The number of nitrogens with zero attached hydrogens (tertiary/aromatic N) is 2. The summed E-state index contributed by atoms with van der Waals surface area (Å²) in [7, 11) is 0. The third-order valence-corrected chi connectivity index (χ3v) is 4.07. The Bertz CT molecular complexity index is 611. The topological polar surface area (TPSA) is 93.3 Å². The molecule has 0 unspecified atom stereocenters. The van der Waals surface area contributed by atoms with Crippen molar-refractivity contribution in [3.05, 3.63) is 46.1 Å². The molecular formula is C10H6N2O4S2. The normalized spacial score (nSPS) is 10.2. The summed E-state index contributed by atoms with van der Waals surface area (Å²) in [4.78, 5) is 25.4. The van der Waals surface area contributed by atoms with Crippen molar-refractivity contribution in [2.45, 2.75) is 9.24 Å². The molecule has 0 fully saturated rings. The van der Waals surface area contributed by atoms with E-state index in [0.717, 1.165) is 29.3 Å². The van der Waals surface area contributed by atoms with Gasteiger partial charge in [-0.3, -0.25) is 10.1 Å². The lowest BCUT2D eigenvalue weighted by molar-refractivity contribution is -0.380. The van der Waals surface area contributed by atoms with Crippen LogP contribution in [0.15, 0.2) is 39.7 Å². The van der Waals surface area contributed by atoms with Crippen LogP contribution < -0.4 is 0 Å². The van der Waals surface area contributed by atoms with Crippen LogP contribution in [0.4, 0.5) is 5.00 Å². The van der Waals surface area contributed by atoms with Crippen LogP contribution in [0, 0.1) is 10.1 Å². The number of benzene rings is 1. The minimum atomic E-state index is -1.04. The van der Waals surface area contributed by atoms with E-state index in [4.69, 9.17) is 5.11 Å². The lowest BCUT2D eigenvalue weighted by Crippen LogP contribution is -1.97. The summed E-state index contributed by atoms with van der Waals surface area (Å²) in [6.07, 6.45) is 1.16. The van der Waals surface area contributed by atoms with Gasteiger partial charge in [-0.05, 0) is 23.5 Å². The highest BCUT2D eigenvalue weighted by Crippen LogP contribution is 2.35. The molecule has 0 atom stereocenters. The van der Waals surface area contributed by atoms with Crippen molar-refractivity contribution in [2.24, 2.45) is 0 Å². The van der Waals surface area contributed by atoms with Gasteiger partial charge in [-0.15, -0.1) is 0 Å². The molecule has 0 saturated heterocycles. The Hall–Kier alpha value is -1.93. The fourth-order valence-corrected chi connectivity index (χ4v) is 3.07. The van der Waals surface area contributed by atoms with Gasteiger partial charge in [0.15, 0.2) is 4.34 Å². The van der Waals surface area contributed by atoms with Gasteiger partial charge in [0.1, 0.15) is 6.20 Å². The Morgan fingerprint density at radius 1 is 1.44 bits per heavy atom. The molecule has 8 heteroatoms. The highest BCUT2D eigenvalue weighted by molar-refractivity contribution is 8.01. The Morgan fingerprint density at radius 2 is 2.17 bits per heavy atom. The van der Waals surface area contributed by atoms with Gasteiger partial charge in [0.05, 0.1) is 10.5 Å². The summed E-state index contributed by atoms with van der Waals surface area (Å²) < 4.78 is 0.440. The van der Waals surface area contributed by atoms with Gasteiger partial charge >= 0.3 is 11.0 Å². The van der Waals surface area contributed by atoms with Crippen LogP contribution in [0.3, 0.4) is 0 Å². The summed E-state index contributed by atoms with van der Waals surface area (Å²) >= 11 is 2.02. The van der Waals surface area contributed by atoms with Gasteiger partial charge in [0, 0.05) is 4.90 Å². The number of carboxylic acids is 1. The predicted molar refractivity (Wildman–Crippen MR) is 66.3 cm³/mol. The summed E-state index contributed by atoms with van der Waals surface area (Å²) in [5.74, 6) is -1.04. The zero-order chi connectivity index (χ0) is 13.1. The Labute approximate surface area is 109 Å². The van der Waals surface area contributed by atoms with Crippen molar-refractivity contribution in [3.8, 4) is 0 Å². The van der Waals surface area contributed by atoms with Gasteiger partial charge < -0.3 is 5.11 Å². The molecule has 92 valence electrons. The summed E-state index contributed by atoms with van der Waals surface area (Å²) in [6.45, 7) is 0. The lowest BCUT2D eigenvalue weighted by atomic mass is 10.2. The number of aromatic carboxylic acids is 1. The monoisotopic (exact) mass is 282 g/mol. The zero-order valence-electron chi connectivity index (χ0n) is 8.77. The van der Waals surface area contributed by atoms with E-state index in [1.165, 1.54) is 6.07 Å². The zero-order valence-corrected chi connectivity index (χ0v) is 10.4. The predicted octanol–water partition coefficient (Wildman–Crippen LogP) is 2.90. The molecule has 2 aromatic rings. The van der Waals surface area contributed by atoms with E-state index < -0.39 is 10.9 Å². The smallest absolute Gasteiger partial charge is 0.344 e. The molecule has 0 amide bonds. The molecule has 1 aromatic heterocycles. The minimum Gasteiger partial charge on any atom is -0.478 e. The molecule has 0 aliphatic rings. The van der Waals surface area contributed by atoms with Crippen molar-refractivity contribution in [2.75, 3.05) is 0 Å². The standard InChI is InChI=1S/C10H6N2O4S2/c13-9(14)6-3-1-2-4-7(6)17-10-11-5-8(18-10)12(15)16/h1-5H,(H,13,14). The lowest BCUT2D eigenvalue weighted by Gasteiger charge is -2.01. The van der Waals surface area contributed by atoms with Crippen molar-refractivity contribution >= 4 is 34.1 Å². The van der Waals surface area contributed by atoms with E-state index in [0.29, 0.717) is 9.24 Å². The highest BCUT2D eigenvalue weighted by atomic mass is 32.2. The Balaban J connectivity index is 2.28. The first kappa shape index (κ1) is 12.5. The van der Waals surface area contributed by atoms with E-state index in [9.17, 15) is 14.9 Å². The number of hydrogen-bond acceptors (Lipinski definition) is 6. The second kappa shape index (κ2) is 5.15. The molecule has 0 saturated carbocycles. The molecule has 0 radical (unpaired) electrons. The minimum absolute atomic E-state index is 0.0645. The quantitative estimate of drug-likeness (QED) is 0.684. The number of hydrogen-bond donors (Lipinski definition) is 1. The molecule has 1 N–H and O–H groups in total. The van der Waals surface area contributed by atoms with E-state index in [1.807, 2.05) is 0 Å². The summed E-state index contributed by atoms with van der Waals surface area (Å²) in [5, 5.41) is 19.4. The van der Waals surface area contributed by atoms with Crippen LogP contribution in [0.25, 0.3) is 0 Å². The van der Waals surface area contributed by atoms with Crippen LogP contribution in [-0.4, -0.2) is 21.0 Å². The second-order valence-electron chi connectivity index (χ2n) is 3.12. The first-order chi connectivity index (χ1) is 8.58. The van der Waals surface area contributed by atoms with E-state index >= 15 is 0 Å². The molecule has 0 bridgehead atoms. The van der Waals surface area contributed by atoms with Gasteiger partial charge in [-0.2, -0.15) is 0 Å². The highest BCUT2D eigenvalue weighted by Gasteiger charge is 2.15. The molecule has 1 aromatic carbocycles. The fourth-order valence-electron chi connectivity index (χ4n) is 1.21. The van der Waals surface area contributed by atoms with Crippen LogP contribution in [0.5, 0.6) is 0 Å². The van der Waals surface area contributed by atoms with Crippen LogP contribution in [0.1, 0.15) is 10.4 Å². The maximum Gasteiger partial charge on any atom is 0.344 e. The van der Waals surface area contributed by atoms with Crippen molar-refractivity contribution in [1.29, 1.82) is 0 Å². The average Bonchev–Trinajstić information content (AvgIpc) is 2.78. The molecule has 6 nitrogen and oxygen atoms in total. The van der Waals surface area contributed by atoms with Gasteiger partial charge in [-0.1, -0.05) is 23.9 Å². The molecule has 0 aliphatic heterocycles. The number of rotatable bonds is 4. The maximum atomic E-state index is 11.0. The first-order valence-corrected chi connectivity index (χ1v) is 6.31. The van der Waals surface area contributed by atoms with Crippen LogP contribution in [0.2, 0.25) is 0 Å². The molecule has 2 rings (SSSR count). The van der Waals surface area contributed by atoms with Crippen molar-refractivity contribution < 1.29 is 14.8 Å². The average molecular weight is 282 g/mol. The summed E-state index contributed by atoms with van der Waals surface area (Å²) in [6, 6.07) is 6.45. The third kappa shape index (κ3) is 2.66. The van der Waals surface area contributed by atoms with Gasteiger partial charge in [0.25, 0.3) is 0 Å². The van der Waals surface area contributed by atoms with Crippen LogP contribution >= 0.6 is 23.1 Å². The van der Waals surface area contributed by atoms with Crippen molar-refractivity contribution in [1.82, 2.24) is 4.98 Å². The van der Waals surface area contributed by atoms with E-state index in [-0.39, 0.29) is 10.6 Å². The molecule has 0 aliphatic carbocycles. The first-order valence-electron chi connectivity index (χ1n) is 4.68. The van der Waals surface area contributed by atoms with E-state index in [1.54, 1.807) is 18.2 Å². The van der Waals surface area contributed by atoms with Crippen molar-refractivity contribution in [3.63, 3.8) is 0 Å². The van der Waals surface area contributed by atoms with Gasteiger partial charge in [-0.25, -0.2) is 9.78 Å². The summed E-state index contributed by atoms with van der Waals surface area (Å²) in [5.41, 5.74) is 0.153. The molecular weight excluding hydrogens is 276 g/mol. The molecule has 0 spiro atoms. The molecule has 1 heterocycles. The number of aromatic nitrogens is 1. The number of carbonyl (C=O) groups is 1. The number of thiazole rings is 1. The SMILES string of the molecule is O=C(O)c1ccccc1Sc1ncc([N+](=O)[O-])s1. The Morgan fingerprint density at radius 3 is 2.78 bits per heavy atom. The largest absolute Gasteiger partial charge is 0.478 e. The third-order valence-electron chi connectivity index (χ3n) is 1.97.